The highest BCUT2D eigenvalue weighted by atomic mass is 127. The van der Waals surface area contributed by atoms with Crippen LogP contribution in [0.1, 0.15) is 12.7 Å². The van der Waals surface area contributed by atoms with Crippen LogP contribution in [0.5, 0.6) is 0 Å². The third-order valence-corrected chi connectivity index (χ3v) is 1.65. The number of nitrogens with zero attached hydrogens (tertiary/aromatic N) is 1. The molecule has 1 aromatic rings. The van der Waals surface area contributed by atoms with Gasteiger partial charge in [0.1, 0.15) is 9.53 Å². The summed E-state index contributed by atoms with van der Waals surface area (Å²) in [6.45, 7) is 1.95. The molecule has 0 aliphatic heterocycles. The van der Waals surface area contributed by atoms with Gasteiger partial charge in [0, 0.05) is 12.5 Å². The van der Waals surface area contributed by atoms with Crippen molar-refractivity contribution in [2.24, 2.45) is 0 Å². The highest BCUT2D eigenvalue weighted by Crippen LogP contribution is 1.95. The minimum atomic E-state index is -0.0729. The average molecular weight is 250 g/mol. The van der Waals surface area contributed by atoms with Crippen LogP contribution in [0.4, 0.5) is 0 Å². The number of H-pyrrole nitrogens is 1. The summed E-state index contributed by atoms with van der Waals surface area (Å²) in [7, 11) is 0. The molecule has 0 spiro atoms. The van der Waals surface area contributed by atoms with Crippen molar-refractivity contribution in [1.29, 1.82) is 0 Å². The zero-order chi connectivity index (χ0) is 7.56. The number of nitrogens with one attached hydrogen (secondary N) is 1. The van der Waals surface area contributed by atoms with Crippen molar-refractivity contribution in [2.45, 2.75) is 13.3 Å². The first kappa shape index (κ1) is 7.71. The third-order valence-electron chi connectivity index (χ3n) is 1.09. The third kappa shape index (κ3) is 1.80. The molecule has 0 fully saturated rings. The monoisotopic (exact) mass is 250 g/mol. The van der Waals surface area contributed by atoms with Crippen LogP contribution in [0.2, 0.25) is 0 Å². The van der Waals surface area contributed by atoms with Gasteiger partial charge in [-0.2, -0.15) is 0 Å². The molecule has 0 aromatic carbocycles. The van der Waals surface area contributed by atoms with Gasteiger partial charge in [-0.15, -0.1) is 0 Å². The van der Waals surface area contributed by atoms with E-state index in [2.05, 4.69) is 9.97 Å². The summed E-state index contributed by atoms with van der Waals surface area (Å²) in [5.74, 6) is 0.747. The molecule has 0 amide bonds. The summed E-state index contributed by atoms with van der Waals surface area (Å²) in [6, 6.07) is 1.47. The maximum absolute atomic E-state index is 10.8. The molecule has 1 N–H and O–H groups in total. The van der Waals surface area contributed by atoms with E-state index in [1.54, 1.807) is 0 Å². The molecule has 0 saturated carbocycles. The Hall–Kier alpha value is -0.390. The van der Waals surface area contributed by atoms with Crippen LogP contribution in [0.25, 0.3) is 0 Å². The number of aromatic nitrogens is 2. The lowest BCUT2D eigenvalue weighted by Crippen LogP contribution is -2.10. The summed E-state index contributed by atoms with van der Waals surface area (Å²) in [6.07, 6.45) is 0.770. The Kier molecular flexibility index (Phi) is 2.42. The molecular formula is C6H7IN2O. The van der Waals surface area contributed by atoms with E-state index in [9.17, 15) is 4.79 Å². The molecule has 1 aromatic heterocycles. The largest absolute Gasteiger partial charge is 0.310 e. The van der Waals surface area contributed by atoms with Crippen LogP contribution in [0.15, 0.2) is 10.9 Å². The van der Waals surface area contributed by atoms with Crippen LogP contribution in [-0.4, -0.2) is 9.97 Å². The van der Waals surface area contributed by atoms with Crippen molar-refractivity contribution in [3.63, 3.8) is 0 Å². The SMILES string of the molecule is CCc1nc(I)cc(=O)[nH]1. The van der Waals surface area contributed by atoms with Gasteiger partial charge in [0.2, 0.25) is 0 Å². The smallest absolute Gasteiger partial charge is 0.251 e. The lowest BCUT2D eigenvalue weighted by Gasteiger charge is -1.93. The molecular weight excluding hydrogens is 243 g/mol. The minimum Gasteiger partial charge on any atom is -0.310 e. The summed E-state index contributed by atoms with van der Waals surface area (Å²) >= 11 is 2.02. The Morgan fingerprint density at radius 2 is 2.50 bits per heavy atom. The summed E-state index contributed by atoms with van der Waals surface area (Å²) < 4.78 is 0.748. The van der Waals surface area contributed by atoms with Crippen LogP contribution in [0.3, 0.4) is 0 Å². The molecule has 0 aliphatic carbocycles. The first-order chi connectivity index (χ1) is 4.72. The van der Waals surface area contributed by atoms with Crippen LogP contribution < -0.4 is 5.56 Å². The van der Waals surface area contributed by atoms with Gasteiger partial charge < -0.3 is 4.98 Å². The lowest BCUT2D eigenvalue weighted by molar-refractivity contribution is 0.907. The van der Waals surface area contributed by atoms with Crippen molar-refractivity contribution >= 4 is 22.6 Å². The van der Waals surface area contributed by atoms with Gasteiger partial charge in [0.05, 0.1) is 0 Å². The molecule has 0 bridgehead atoms. The fourth-order valence-corrected chi connectivity index (χ4v) is 1.22. The summed E-state index contributed by atoms with van der Waals surface area (Å²) in [5, 5.41) is 0. The van der Waals surface area contributed by atoms with Gasteiger partial charge in [-0.05, 0) is 22.6 Å². The van der Waals surface area contributed by atoms with Crippen molar-refractivity contribution in [2.75, 3.05) is 0 Å². The Labute approximate surface area is 72.0 Å². The molecule has 54 valence electrons. The second-order valence-electron chi connectivity index (χ2n) is 1.87. The quantitative estimate of drug-likeness (QED) is 0.595. The highest BCUT2D eigenvalue weighted by molar-refractivity contribution is 14.1. The number of hydrogen-bond acceptors (Lipinski definition) is 2. The van der Waals surface area contributed by atoms with Gasteiger partial charge in [-0.1, -0.05) is 6.92 Å². The predicted molar refractivity (Wildman–Crippen MR) is 47.0 cm³/mol. The molecule has 3 nitrogen and oxygen atoms in total. The van der Waals surface area contributed by atoms with E-state index in [-0.39, 0.29) is 5.56 Å². The van der Waals surface area contributed by atoms with Gasteiger partial charge in [0.25, 0.3) is 5.56 Å². The van der Waals surface area contributed by atoms with Crippen LogP contribution in [0, 0.1) is 3.70 Å². The maximum atomic E-state index is 10.8. The van der Waals surface area contributed by atoms with Gasteiger partial charge >= 0.3 is 0 Å². The Morgan fingerprint density at radius 1 is 1.80 bits per heavy atom. The first-order valence-corrected chi connectivity index (χ1v) is 4.06. The molecule has 1 heterocycles. The molecule has 0 saturated heterocycles. The van der Waals surface area contributed by atoms with Crippen molar-refractivity contribution in [3.8, 4) is 0 Å². The van der Waals surface area contributed by atoms with E-state index in [1.165, 1.54) is 6.07 Å². The van der Waals surface area contributed by atoms with Crippen LogP contribution in [-0.2, 0) is 6.42 Å². The summed E-state index contributed by atoms with van der Waals surface area (Å²) in [4.78, 5) is 17.5. The number of aromatic amines is 1. The van der Waals surface area contributed by atoms with E-state index in [0.29, 0.717) is 0 Å². The van der Waals surface area contributed by atoms with E-state index in [4.69, 9.17) is 0 Å². The van der Waals surface area contributed by atoms with Crippen molar-refractivity contribution in [1.82, 2.24) is 9.97 Å². The first-order valence-electron chi connectivity index (χ1n) is 2.98. The number of aryl methyl sites for hydroxylation is 1. The Morgan fingerprint density at radius 3 is 3.00 bits per heavy atom. The molecule has 4 heteroatoms. The van der Waals surface area contributed by atoms with E-state index in [1.807, 2.05) is 29.5 Å². The average Bonchev–Trinajstić information content (AvgIpc) is 1.85. The van der Waals surface area contributed by atoms with Gasteiger partial charge in [-0.25, -0.2) is 4.98 Å². The molecule has 0 radical (unpaired) electrons. The van der Waals surface area contributed by atoms with Crippen LogP contribution >= 0.6 is 22.6 Å². The number of hydrogen-bond donors (Lipinski definition) is 1. The second kappa shape index (κ2) is 3.14. The lowest BCUT2D eigenvalue weighted by atomic mass is 10.4. The molecule has 0 aliphatic rings. The fourth-order valence-electron chi connectivity index (χ4n) is 0.643. The summed E-state index contributed by atoms with van der Waals surface area (Å²) in [5.41, 5.74) is -0.0729. The topological polar surface area (TPSA) is 45.8 Å². The molecule has 0 atom stereocenters. The Balaban J connectivity index is 3.19. The van der Waals surface area contributed by atoms with E-state index < -0.39 is 0 Å². The normalized spacial score (nSPS) is 9.80. The molecule has 0 unspecified atom stereocenters. The van der Waals surface area contributed by atoms with Gasteiger partial charge in [0.15, 0.2) is 0 Å². The van der Waals surface area contributed by atoms with E-state index in [0.717, 1.165) is 15.9 Å². The molecule has 1 rings (SSSR count). The second-order valence-corrected chi connectivity index (χ2v) is 2.97. The Bertz CT molecular complexity index is 281. The van der Waals surface area contributed by atoms with E-state index >= 15 is 0 Å². The molecule has 10 heavy (non-hydrogen) atoms. The predicted octanol–water partition coefficient (Wildman–Crippen LogP) is 0.937. The number of rotatable bonds is 1. The van der Waals surface area contributed by atoms with Crippen molar-refractivity contribution < 1.29 is 0 Å². The van der Waals surface area contributed by atoms with Crippen molar-refractivity contribution in [3.05, 3.63) is 25.9 Å². The van der Waals surface area contributed by atoms with Gasteiger partial charge in [-0.3, -0.25) is 4.79 Å². The zero-order valence-corrected chi connectivity index (χ0v) is 7.68. The fraction of sp³-hybridized carbons (Fsp3) is 0.333. The maximum Gasteiger partial charge on any atom is 0.251 e. The zero-order valence-electron chi connectivity index (χ0n) is 5.52. The number of halogens is 1. The standard InChI is InChI=1S/C6H7IN2O/c1-2-5-8-4(7)3-6(10)9-5/h3H,2H2,1H3,(H,8,9,10). The highest BCUT2D eigenvalue weighted by Gasteiger charge is 1.93. The minimum absolute atomic E-state index is 0.0729.